The molecule has 1 aromatic carbocycles. The monoisotopic (exact) mass is 259 g/mol. The topological polar surface area (TPSA) is 38.3 Å². The van der Waals surface area contributed by atoms with Crippen LogP contribution in [0.4, 0.5) is 0 Å². The zero-order valence-electron chi connectivity index (χ0n) is 11.4. The predicted molar refractivity (Wildman–Crippen MR) is 74.1 cm³/mol. The van der Waals surface area contributed by atoms with Crippen LogP contribution in [0.3, 0.4) is 0 Å². The number of rotatable bonds is 2. The van der Waals surface area contributed by atoms with Crippen LogP contribution in [-0.2, 0) is 11.2 Å². The van der Waals surface area contributed by atoms with Gasteiger partial charge in [0.1, 0.15) is 5.75 Å². The Kier molecular flexibility index (Phi) is 3.45. The predicted octanol–water partition coefficient (Wildman–Crippen LogP) is 2.69. The molecule has 1 aliphatic heterocycles. The highest BCUT2D eigenvalue weighted by Gasteiger charge is 2.31. The third-order valence-corrected chi connectivity index (χ3v) is 4.38. The highest BCUT2D eigenvalue weighted by molar-refractivity contribution is 5.82. The molecule has 1 amide bonds. The Morgan fingerprint density at radius 1 is 1.26 bits per heavy atom. The summed E-state index contributed by atoms with van der Waals surface area (Å²) in [5.74, 6) is 1.50. The number of carbonyl (C=O) groups excluding carboxylic acids is 1. The second-order valence-corrected chi connectivity index (χ2v) is 5.80. The average Bonchev–Trinajstić information content (AvgIpc) is 2.85. The molecular weight excluding hydrogens is 238 g/mol. The fourth-order valence-electron chi connectivity index (χ4n) is 3.13. The standard InChI is InChI=1S/C16H21NO2/c1-11-6-2-4-8-13(11)17-16(18)15-10-12-7-3-5-9-14(12)19-15/h3,5,7,9,11,13,15H,2,4,6,8,10H2,1H3,(H,17,18). The van der Waals surface area contributed by atoms with Gasteiger partial charge in [-0.2, -0.15) is 0 Å². The van der Waals surface area contributed by atoms with Gasteiger partial charge in [0.15, 0.2) is 6.10 Å². The molecule has 0 saturated heterocycles. The summed E-state index contributed by atoms with van der Waals surface area (Å²) in [5.41, 5.74) is 1.14. The largest absolute Gasteiger partial charge is 0.480 e. The van der Waals surface area contributed by atoms with Crippen molar-refractivity contribution in [2.45, 2.75) is 51.2 Å². The summed E-state index contributed by atoms with van der Waals surface area (Å²) in [6.45, 7) is 2.23. The smallest absolute Gasteiger partial charge is 0.261 e. The van der Waals surface area contributed by atoms with E-state index in [-0.39, 0.29) is 12.0 Å². The van der Waals surface area contributed by atoms with Crippen LogP contribution in [0, 0.1) is 5.92 Å². The van der Waals surface area contributed by atoms with Gasteiger partial charge in [0.25, 0.3) is 5.91 Å². The number of fused-ring (bicyclic) bond motifs is 1. The average molecular weight is 259 g/mol. The van der Waals surface area contributed by atoms with Gasteiger partial charge in [0.2, 0.25) is 0 Å². The number of benzene rings is 1. The summed E-state index contributed by atoms with van der Waals surface area (Å²) in [5, 5.41) is 3.18. The lowest BCUT2D eigenvalue weighted by atomic mass is 9.86. The van der Waals surface area contributed by atoms with Crippen molar-refractivity contribution >= 4 is 5.91 Å². The van der Waals surface area contributed by atoms with Crippen LogP contribution < -0.4 is 10.1 Å². The van der Waals surface area contributed by atoms with E-state index in [0.717, 1.165) is 17.7 Å². The second kappa shape index (κ2) is 5.24. The minimum absolute atomic E-state index is 0.0509. The van der Waals surface area contributed by atoms with Gasteiger partial charge in [-0.15, -0.1) is 0 Å². The molecule has 3 rings (SSSR count). The zero-order valence-corrected chi connectivity index (χ0v) is 11.4. The Hall–Kier alpha value is -1.51. The highest BCUT2D eigenvalue weighted by Crippen LogP contribution is 2.29. The summed E-state index contributed by atoms with van der Waals surface area (Å²) < 4.78 is 5.73. The van der Waals surface area contributed by atoms with Crippen LogP contribution in [0.1, 0.15) is 38.2 Å². The quantitative estimate of drug-likeness (QED) is 0.886. The minimum Gasteiger partial charge on any atom is -0.480 e. The van der Waals surface area contributed by atoms with E-state index in [9.17, 15) is 4.79 Å². The van der Waals surface area contributed by atoms with Gasteiger partial charge in [-0.3, -0.25) is 4.79 Å². The van der Waals surface area contributed by atoms with Gasteiger partial charge in [-0.1, -0.05) is 38.0 Å². The van der Waals surface area contributed by atoms with Gasteiger partial charge < -0.3 is 10.1 Å². The Morgan fingerprint density at radius 3 is 2.84 bits per heavy atom. The van der Waals surface area contributed by atoms with E-state index in [4.69, 9.17) is 4.74 Å². The maximum atomic E-state index is 12.3. The van der Waals surface area contributed by atoms with Crippen molar-refractivity contribution in [3.8, 4) is 5.75 Å². The molecule has 1 aliphatic carbocycles. The lowest BCUT2D eigenvalue weighted by Crippen LogP contribution is -2.46. The molecule has 102 valence electrons. The van der Waals surface area contributed by atoms with E-state index in [0.29, 0.717) is 18.4 Å². The van der Waals surface area contributed by atoms with E-state index in [1.807, 2.05) is 24.3 Å². The molecule has 1 N–H and O–H groups in total. The Labute approximate surface area is 114 Å². The highest BCUT2D eigenvalue weighted by atomic mass is 16.5. The van der Waals surface area contributed by atoms with E-state index in [1.165, 1.54) is 19.3 Å². The number of amides is 1. The molecule has 0 bridgehead atoms. The Morgan fingerprint density at radius 2 is 2.05 bits per heavy atom. The molecule has 3 unspecified atom stereocenters. The number of para-hydroxylation sites is 1. The van der Waals surface area contributed by atoms with Crippen molar-refractivity contribution in [1.82, 2.24) is 5.32 Å². The van der Waals surface area contributed by atoms with Crippen LogP contribution in [-0.4, -0.2) is 18.1 Å². The first-order valence-corrected chi connectivity index (χ1v) is 7.29. The summed E-state index contributed by atoms with van der Waals surface area (Å²) in [4.78, 5) is 12.3. The maximum absolute atomic E-state index is 12.3. The van der Waals surface area contributed by atoms with Crippen molar-refractivity contribution in [1.29, 1.82) is 0 Å². The molecule has 3 atom stereocenters. The van der Waals surface area contributed by atoms with E-state index in [1.54, 1.807) is 0 Å². The third kappa shape index (κ3) is 2.60. The normalized spacial score (nSPS) is 29.4. The summed E-state index contributed by atoms with van der Waals surface area (Å²) in [6.07, 6.45) is 5.19. The summed E-state index contributed by atoms with van der Waals surface area (Å²) in [6, 6.07) is 8.24. The van der Waals surface area contributed by atoms with Crippen LogP contribution >= 0.6 is 0 Å². The first-order valence-electron chi connectivity index (χ1n) is 7.29. The molecule has 19 heavy (non-hydrogen) atoms. The van der Waals surface area contributed by atoms with E-state index in [2.05, 4.69) is 12.2 Å². The van der Waals surface area contributed by atoms with Crippen LogP contribution in [0.25, 0.3) is 0 Å². The molecule has 3 heteroatoms. The second-order valence-electron chi connectivity index (χ2n) is 5.80. The molecule has 0 spiro atoms. The van der Waals surface area contributed by atoms with Crippen LogP contribution in [0.2, 0.25) is 0 Å². The van der Waals surface area contributed by atoms with E-state index >= 15 is 0 Å². The SMILES string of the molecule is CC1CCCCC1NC(=O)C1Cc2ccccc2O1. The molecule has 0 aromatic heterocycles. The lowest BCUT2D eigenvalue weighted by Gasteiger charge is -2.30. The molecule has 3 nitrogen and oxygen atoms in total. The molecule has 2 aliphatic rings. The number of hydrogen-bond acceptors (Lipinski definition) is 2. The van der Waals surface area contributed by atoms with E-state index < -0.39 is 0 Å². The molecule has 1 saturated carbocycles. The van der Waals surface area contributed by atoms with Gasteiger partial charge in [-0.25, -0.2) is 0 Å². The van der Waals surface area contributed by atoms with Gasteiger partial charge in [0, 0.05) is 12.5 Å². The van der Waals surface area contributed by atoms with Crippen molar-refractivity contribution in [3.63, 3.8) is 0 Å². The molecule has 0 radical (unpaired) electrons. The zero-order chi connectivity index (χ0) is 13.2. The molecular formula is C16H21NO2. The minimum atomic E-state index is -0.341. The lowest BCUT2D eigenvalue weighted by molar-refractivity contribution is -0.128. The van der Waals surface area contributed by atoms with Crippen molar-refractivity contribution in [3.05, 3.63) is 29.8 Å². The van der Waals surface area contributed by atoms with Crippen LogP contribution in [0.5, 0.6) is 5.75 Å². The molecule has 1 fully saturated rings. The first-order chi connectivity index (χ1) is 9.24. The van der Waals surface area contributed by atoms with Crippen LogP contribution in [0.15, 0.2) is 24.3 Å². The van der Waals surface area contributed by atoms with Gasteiger partial charge in [-0.05, 0) is 30.4 Å². The molecule has 1 aromatic rings. The number of nitrogens with one attached hydrogen (secondary N) is 1. The number of hydrogen-bond donors (Lipinski definition) is 1. The van der Waals surface area contributed by atoms with Crippen molar-refractivity contribution < 1.29 is 9.53 Å². The molecule has 1 heterocycles. The van der Waals surface area contributed by atoms with Crippen molar-refractivity contribution in [2.75, 3.05) is 0 Å². The summed E-state index contributed by atoms with van der Waals surface area (Å²) in [7, 11) is 0. The summed E-state index contributed by atoms with van der Waals surface area (Å²) >= 11 is 0. The fourth-order valence-corrected chi connectivity index (χ4v) is 3.13. The third-order valence-electron chi connectivity index (χ3n) is 4.38. The van der Waals surface area contributed by atoms with Gasteiger partial charge in [0.05, 0.1) is 0 Å². The fraction of sp³-hybridized carbons (Fsp3) is 0.562. The Bertz CT molecular complexity index is 447. The number of carbonyl (C=O) groups is 1. The van der Waals surface area contributed by atoms with Gasteiger partial charge >= 0.3 is 0 Å². The maximum Gasteiger partial charge on any atom is 0.261 e. The number of ether oxygens (including phenoxy) is 1. The van der Waals surface area contributed by atoms with Crippen molar-refractivity contribution in [2.24, 2.45) is 5.92 Å². The Balaban J connectivity index is 1.60. The first kappa shape index (κ1) is 12.5.